The SMILES string of the molecule is CC(C)(C)OC(=O)N1CCC[C@H]1C(=O)NCc1cccc(Br)c1.CC(C)(C)OC(=O)N1CCC[C@H]1C(=O)O.CO.Cc1cc(-c2cccc(CNC(=O)[C@@H]3CCCN3)c2)cc(C(F)(F)F)c1.Cc1cc(-c2cccc(CNC(=O)[C@@H]3CCCN3C(=O)OC(C)(C)C)c2)cc(C(F)(F)F)c1.Cc1cc(-c2cccc(CNC(=O)[C@@H]3CCCN3C)c2)cc(C(F)(F)F)c1.Cc1cc(B(O)O)cc(C(F)(F)F)c1.Cl.NCc1cccc(Br)c1. The third-order valence-electron chi connectivity index (χ3n) is 23.3. The van der Waals surface area contributed by atoms with Gasteiger partial charge in [0.1, 0.15) is 34.9 Å². The number of likely N-dealkylation sites (tertiary alicyclic amines) is 4. The quantitative estimate of drug-likeness (QED) is 0.0217. The second kappa shape index (κ2) is 57.7. The average Bonchev–Trinajstić information content (AvgIpc) is 1.27. The van der Waals surface area contributed by atoms with E-state index in [2.05, 4.69) is 58.4 Å². The predicted molar refractivity (Wildman–Crippen MR) is 562 cm³/mol. The van der Waals surface area contributed by atoms with Gasteiger partial charge in [-0.3, -0.25) is 38.8 Å². The monoisotopic (exact) mass is 2250 g/mol. The van der Waals surface area contributed by atoms with Crippen LogP contribution in [0.1, 0.15) is 199 Å². The van der Waals surface area contributed by atoms with E-state index in [0.29, 0.717) is 127 Å². The van der Waals surface area contributed by atoms with Crippen LogP contribution in [-0.2, 0) is 95.6 Å². The van der Waals surface area contributed by atoms with Crippen molar-refractivity contribution in [3.05, 3.63) is 275 Å². The van der Waals surface area contributed by atoms with Crippen LogP contribution < -0.4 is 37.8 Å². The summed E-state index contributed by atoms with van der Waals surface area (Å²) < 4.78 is 173. The van der Waals surface area contributed by atoms with Crippen LogP contribution in [0.15, 0.2) is 203 Å². The van der Waals surface area contributed by atoms with Crippen LogP contribution in [0.25, 0.3) is 33.4 Å². The van der Waals surface area contributed by atoms with Crippen molar-refractivity contribution in [3.8, 4) is 33.4 Å². The Morgan fingerprint density at radius 1 is 0.380 bits per heavy atom. The number of halogens is 15. The van der Waals surface area contributed by atoms with Gasteiger partial charge in [-0.15, -0.1) is 12.4 Å². The smallest absolute Gasteiger partial charge is 0.480 e. The number of carboxylic acids is 1. The highest BCUT2D eigenvalue weighted by Crippen LogP contribution is 2.39. The third kappa shape index (κ3) is 42.5. The highest BCUT2D eigenvalue weighted by atomic mass is 79.9. The number of aliphatic carboxylic acids is 1. The van der Waals surface area contributed by atoms with Crippen molar-refractivity contribution in [2.24, 2.45) is 5.73 Å². The van der Waals surface area contributed by atoms with E-state index < -0.39 is 113 Å². The molecular weight excluding hydrogens is 2120 g/mol. The summed E-state index contributed by atoms with van der Waals surface area (Å²) in [5.41, 5.74) is 10.7. The minimum Gasteiger partial charge on any atom is -0.480 e. The lowest BCUT2D eigenvalue weighted by Gasteiger charge is -2.28. The van der Waals surface area contributed by atoms with E-state index >= 15 is 0 Å². The molecule has 818 valence electrons. The first kappa shape index (κ1) is 127. The second-order valence-corrected chi connectivity index (χ2v) is 41.1. The fourth-order valence-corrected chi connectivity index (χ4v) is 17.4. The van der Waals surface area contributed by atoms with Gasteiger partial charge < -0.3 is 66.8 Å². The number of ether oxygens (including phenoxy) is 3. The number of alkyl halides is 12. The van der Waals surface area contributed by atoms with Crippen molar-refractivity contribution >= 4 is 105 Å². The van der Waals surface area contributed by atoms with Crippen LogP contribution in [0, 0.1) is 27.7 Å². The number of amides is 7. The number of benzene rings is 9. The Balaban J connectivity index is 0.000000273. The predicted octanol–water partition coefficient (Wildman–Crippen LogP) is 21.7. The van der Waals surface area contributed by atoms with Crippen LogP contribution in [-0.4, -0.2) is 189 Å². The minimum atomic E-state index is -4.46. The summed E-state index contributed by atoms with van der Waals surface area (Å²) in [7, 11) is 1.06. The highest BCUT2D eigenvalue weighted by Gasteiger charge is 2.42. The van der Waals surface area contributed by atoms with Crippen molar-refractivity contribution in [2.45, 2.75) is 259 Å². The Kier molecular flexibility index (Phi) is 48.9. The first-order chi connectivity index (χ1) is 69.6. The lowest BCUT2D eigenvalue weighted by molar-refractivity contribution is -0.142. The molecule has 0 aliphatic carbocycles. The van der Waals surface area contributed by atoms with Gasteiger partial charge in [-0.1, -0.05) is 147 Å². The summed E-state index contributed by atoms with van der Waals surface area (Å²) in [5, 5.41) is 48.0. The van der Waals surface area contributed by atoms with E-state index in [1.807, 2.05) is 106 Å². The summed E-state index contributed by atoms with van der Waals surface area (Å²) in [4.78, 5) is 103. The van der Waals surface area contributed by atoms with Gasteiger partial charge in [-0.05, 0) is 343 Å². The van der Waals surface area contributed by atoms with Gasteiger partial charge in [0.25, 0.3) is 0 Å². The molecule has 7 amide bonds. The molecule has 5 saturated heterocycles. The number of rotatable bonds is 18. The van der Waals surface area contributed by atoms with E-state index in [1.165, 1.54) is 27.7 Å². The second-order valence-electron chi connectivity index (χ2n) is 39.3. The van der Waals surface area contributed by atoms with Crippen molar-refractivity contribution < 1.29 is 126 Å². The molecule has 9 aromatic rings. The summed E-state index contributed by atoms with van der Waals surface area (Å²) in [6, 6.07) is 50.3. The number of nitrogens with one attached hydrogen (secondary N) is 5. The Morgan fingerprint density at radius 2 is 0.673 bits per heavy atom. The minimum absolute atomic E-state index is 0. The number of carbonyl (C=O) groups is 8. The molecule has 5 fully saturated rings. The maximum atomic E-state index is 13.2. The van der Waals surface area contributed by atoms with Crippen LogP contribution in [0.2, 0.25) is 0 Å². The molecule has 41 heteroatoms. The van der Waals surface area contributed by atoms with Gasteiger partial charge in [0.05, 0.1) is 34.3 Å². The number of hydrogen-bond acceptors (Lipinski definition) is 17. The zero-order chi connectivity index (χ0) is 111. The molecule has 0 aromatic heterocycles. The van der Waals surface area contributed by atoms with Crippen LogP contribution in [0.3, 0.4) is 0 Å². The first-order valence-electron chi connectivity index (χ1n) is 48.4. The molecule has 0 spiro atoms. The fourth-order valence-electron chi connectivity index (χ4n) is 16.5. The molecule has 150 heavy (non-hydrogen) atoms. The van der Waals surface area contributed by atoms with Crippen LogP contribution >= 0.6 is 44.3 Å². The number of likely N-dealkylation sites (N-methyl/N-ethyl adjacent to an activating group) is 1. The Bertz CT molecular complexity index is 5980. The zero-order valence-electron chi connectivity index (χ0n) is 86.4. The largest absolute Gasteiger partial charge is 0.488 e. The molecule has 9 aromatic carbocycles. The van der Waals surface area contributed by atoms with Crippen molar-refractivity contribution in [3.63, 3.8) is 0 Å². The molecule has 11 N–H and O–H groups in total. The number of aliphatic hydroxyl groups excluding tert-OH is 1. The van der Waals surface area contributed by atoms with Gasteiger partial charge in [0.2, 0.25) is 23.6 Å². The summed E-state index contributed by atoms with van der Waals surface area (Å²) in [5.74, 6) is -1.41. The normalized spacial score (nSPS) is 16.5. The number of carboxylic acid groups (broad SMARTS) is 1. The van der Waals surface area contributed by atoms with E-state index in [-0.39, 0.29) is 60.1 Å². The van der Waals surface area contributed by atoms with Crippen LogP contribution in [0.5, 0.6) is 0 Å². The molecule has 0 unspecified atom stereocenters. The molecule has 5 atom stereocenters. The third-order valence-corrected chi connectivity index (χ3v) is 24.3. The van der Waals surface area contributed by atoms with E-state index in [4.69, 9.17) is 40.2 Å². The number of hydrogen-bond donors (Lipinski definition) is 10. The molecule has 0 bridgehead atoms. The molecule has 25 nitrogen and oxygen atoms in total. The zero-order valence-corrected chi connectivity index (χ0v) is 90.4. The van der Waals surface area contributed by atoms with Crippen molar-refractivity contribution in [2.75, 3.05) is 46.9 Å². The van der Waals surface area contributed by atoms with E-state index in [0.717, 1.165) is 144 Å². The summed E-state index contributed by atoms with van der Waals surface area (Å²) in [6.07, 6.45) is -11.4. The number of aryl methyl sites for hydroxylation is 4. The first-order valence-corrected chi connectivity index (χ1v) is 50.0. The van der Waals surface area contributed by atoms with Gasteiger partial charge in [-0.2, -0.15) is 52.7 Å². The molecule has 0 saturated carbocycles. The summed E-state index contributed by atoms with van der Waals surface area (Å²) in [6.45, 7) is 27.7. The fraction of sp³-hybridized carbons (Fsp3) is 0.431. The number of nitrogens with two attached hydrogens (primary N) is 1. The van der Waals surface area contributed by atoms with E-state index in [1.54, 1.807) is 129 Å². The Hall–Kier alpha value is -11.6. The Morgan fingerprint density at radius 3 is 0.973 bits per heavy atom. The van der Waals surface area contributed by atoms with Crippen molar-refractivity contribution in [1.82, 2.24) is 46.2 Å². The van der Waals surface area contributed by atoms with E-state index in [9.17, 15) is 91.0 Å². The molecule has 5 aliphatic rings. The maximum Gasteiger partial charge on any atom is 0.488 e. The topological polar surface area (TPSA) is 344 Å². The standard InChI is InChI=1S/C25H29F3N2O3.C21H23F3N2O.C20H21F3N2O.C17H23BrN2O3.C10H17NO4.C8H8BF3O2.C7H8BrN.CH4O.ClH/c1-16-11-19(14-20(12-16)25(26,27)28)18-8-5-7-17(13-18)15-29-22(31)21-9-6-10-30(21)23(32)33-24(2,3)4;1-14-9-17(12-18(10-14)21(22,23)24)16-6-3-5-15(11-16)13-25-20(27)19-7-4-8-26(19)2;1-13-8-16(11-17(9-13)20(21,22)23)15-5-2-4-14(10-15)12-25-19(26)18-6-3-7-24-18;1-17(2,3)23-16(22)20-9-5-8-14(20)15(21)19-11-12-6-4-7-13(18)10-12;1-10(2,3)15-9(14)11-6-4-5-7(11)8(12)13;1-5-2-6(8(10,11)12)4-7(3-5)9(13)14;8-7-3-1-2-6(4-7)5-9;1-2;/h5,7-8,11-14,21H,6,9-10,15H2,1-4H3,(H,29,31);3,5-6,9-12,19H,4,7-8,13H2,1-2H3,(H,25,27);2,4-5,8-11,18,24H,3,6-7,12H2,1H3,(H,25,26);4,6-7,10,14H,5,8-9,11H2,1-3H3,(H,19,21);7H,4-6H2,1-3H3,(H,12,13);2-4,13-14H,1H3;1-4H,5,9H2;2H,1H3;1H/t21-;19-;18-;14-;7-;;;;/m00000..../s1. The van der Waals surface area contributed by atoms with Gasteiger partial charge in [-0.25, -0.2) is 19.2 Å². The Labute approximate surface area is 891 Å². The van der Waals surface area contributed by atoms with Gasteiger partial charge in [0.15, 0.2) is 0 Å². The molecule has 5 heterocycles. The molecule has 0 radical (unpaired) electrons. The van der Waals surface area contributed by atoms with Gasteiger partial charge in [0, 0.05) is 68.4 Å². The molecule has 14 rings (SSSR count). The summed E-state index contributed by atoms with van der Waals surface area (Å²) >= 11 is 6.76. The lowest BCUT2D eigenvalue weighted by atomic mass is 9.78. The lowest BCUT2D eigenvalue weighted by Crippen LogP contribution is -2.47. The number of aliphatic hydroxyl groups is 1. The number of nitrogens with zero attached hydrogens (tertiary/aromatic N) is 4. The average molecular weight is 2260 g/mol. The molecule has 5 aliphatic heterocycles. The van der Waals surface area contributed by atoms with Crippen molar-refractivity contribution in [1.29, 1.82) is 0 Å². The highest BCUT2D eigenvalue weighted by molar-refractivity contribution is 9.10. The molecular formula is C109H134BBr2ClF12N10O15. The van der Waals surface area contributed by atoms with Gasteiger partial charge >= 0.3 is 56.1 Å². The maximum absolute atomic E-state index is 13.2. The van der Waals surface area contributed by atoms with Crippen LogP contribution in [0.4, 0.5) is 67.1 Å². The number of carbonyl (C=O) groups excluding carboxylic acids is 7.